The summed E-state index contributed by atoms with van der Waals surface area (Å²) in [5.74, 6) is -0.332. The van der Waals surface area contributed by atoms with Crippen molar-refractivity contribution < 1.29 is 9.90 Å². The van der Waals surface area contributed by atoms with Crippen molar-refractivity contribution in [2.24, 2.45) is 11.8 Å². The number of nitrogens with zero attached hydrogens (tertiary/aromatic N) is 2. The first-order valence-corrected chi connectivity index (χ1v) is 11.5. The molecule has 170 valence electrons. The van der Waals surface area contributed by atoms with E-state index in [0.717, 1.165) is 16.8 Å². The number of hydrogen-bond acceptors (Lipinski definition) is 4. The zero-order chi connectivity index (χ0) is 23.1. The molecule has 0 bridgehead atoms. The highest BCUT2D eigenvalue weighted by Gasteiger charge is 2.54. The number of likely N-dealkylation sites (N-methyl/N-ethyl adjacent to an activating group) is 1. The molecule has 2 aromatic carbocycles. The van der Waals surface area contributed by atoms with Gasteiger partial charge in [-0.1, -0.05) is 60.7 Å². The lowest BCUT2D eigenvalue weighted by Crippen LogP contribution is -2.47. The van der Waals surface area contributed by atoms with Gasteiger partial charge in [0.15, 0.2) is 0 Å². The second-order valence-corrected chi connectivity index (χ2v) is 9.16. The Bertz CT molecular complexity index is 1210. The van der Waals surface area contributed by atoms with Crippen LogP contribution in [0, 0.1) is 11.8 Å². The van der Waals surface area contributed by atoms with Crippen LogP contribution in [0.4, 0.5) is 0 Å². The molecule has 1 fully saturated rings. The molecule has 1 amide bonds. The lowest BCUT2D eigenvalue weighted by molar-refractivity contribution is -0.127. The smallest absolute Gasteiger partial charge is 0.258 e. The van der Waals surface area contributed by atoms with Crippen LogP contribution in [0.15, 0.2) is 77.6 Å². The molecule has 2 aliphatic heterocycles. The Labute approximate surface area is 193 Å². The van der Waals surface area contributed by atoms with E-state index in [1.807, 2.05) is 96.2 Å². The van der Waals surface area contributed by atoms with E-state index in [4.69, 9.17) is 0 Å². The molecule has 5 rings (SSSR count). The molecule has 1 saturated heterocycles. The number of benzene rings is 2. The number of aliphatic hydroxyl groups excluding tert-OH is 1. The van der Waals surface area contributed by atoms with Crippen LogP contribution in [0.5, 0.6) is 0 Å². The van der Waals surface area contributed by atoms with Gasteiger partial charge in [0, 0.05) is 36.2 Å². The first-order valence-electron chi connectivity index (χ1n) is 11.5. The van der Waals surface area contributed by atoms with Gasteiger partial charge in [-0.2, -0.15) is 0 Å². The maximum atomic E-state index is 13.3. The van der Waals surface area contributed by atoms with E-state index in [1.54, 1.807) is 0 Å². The van der Waals surface area contributed by atoms with E-state index in [1.165, 1.54) is 0 Å². The number of amides is 1. The number of fused-ring (bicyclic) bond motifs is 3. The summed E-state index contributed by atoms with van der Waals surface area (Å²) in [7, 11) is 1.93. The highest BCUT2D eigenvalue weighted by atomic mass is 16.3. The Balaban J connectivity index is 1.43. The molecule has 0 aliphatic carbocycles. The average molecular weight is 444 g/mol. The lowest BCUT2D eigenvalue weighted by atomic mass is 9.88. The molecule has 6 nitrogen and oxygen atoms in total. The topological polar surface area (TPSA) is 74.6 Å². The summed E-state index contributed by atoms with van der Waals surface area (Å²) >= 11 is 0. The quantitative estimate of drug-likeness (QED) is 0.636. The van der Waals surface area contributed by atoms with E-state index in [0.29, 0.717) is 12.1 Å². The van der Waals surface area contributed by atoms with Gasteiger partial charge in [-0.05, 0) is 37.2 Å². The van der Waals surface area contributed by atoms with Crippen molar-refractivity contribution >= 4 is 5.91 Å². The van der Waals surface area contributed by atoms with Crippen LogP contribution in [-0.4, -0.2) is 40.2 Å². The van der Waals surface area contributed by atoms with E-state index in [2.05, 4.69) is 5.32 Å². The first-order chi connectivity index (χ1) is 16.0. The minimum Gasteiger partial charge on any atom is -0.396 e. The molecule has 6 heteroatoms. The average Bonchev–Trinajstić information content (AvgIpc) is 3.35. The van der Waals surface area contributed by atoms with Gasteiger partial charge in [0.25, 0.3) is 5.56 Å². The summed E-state index contributed by atoms with van der Waals surface area (Å²) < 4.78 is 1.83. The van der Waals surface area contributed by atoms with Gasteiger partial charge in [-0.25, -0.2) is 0 Å². The highest BCUT2D eigenvalue weighted by molar-refractivity contribution is 5.83. The monoisotopic (exact) mass is 443 g/mol. The minimum absolute atomic E-state index is 0.00139. The van der Waals surface area contributed by atoms with Gasteiger partial charge in [0.05, 0.1) is 18.1 Å². The number of carbonyl (C=O) groups is 1. The van der Waals surface area contributed by atoms with Crippen molar-refractivity contribution in [1.29, 1.82) is 0 Å². The Morgan fingerprint density at radius 2 is 1.73 bits per heavy atom. The molecule has 0 spiro atoms. The Hall–Kier alpha value is -3.22. The second-order valence-electron chi connectivity index (χ2n) is 9.16. The van der Waals surface area contributed by atoms with E-state index < -0.39 is 6.04 Å². The third-order valence-electron chi connectivity index (χ3n) is 7.37. The zero-order valence-corrected chi connectivity index (χ0v) is 18.9. The van der Waals surface area contributed by atoms with Crippen molar-refractivity contribution in [3.8, 4) is 11.1 Å². The van der Waals surface area contributed by atoms with E-state index in [-0.39, 0.29) is 42.0 Å². The van der Waals surface area contributed by atoms with Crippen LogP contribution in [0.2, 0.25) is 0 Å². The van der Waals surface area contributed by atoms with Gasteiger partial charge >= 0.3 is 0 Å². The zero-order valence-electron chi connectivity index (χ0n) is 18.9. The number of carbonyl (C=O) groups excluding carboxylic acids is 1. The predicted molar refractivity (Wildman–Crippen MR) is 127 cm³/mol. The fourth-order valence-electron chi connectivity index (χ4n) is 5.73. The first kappa shape index (κ1) is 21.6. The number of nitrogens with one attached hydrogen (secondary N) is 1. The summed E-state index contributed by atoms with van der Waals surface area (Å²) in [5, 5.41) is 13.4. The molecule has 0 saturated carbocycles. The van der Waals surface area contributed by atoms with Crippen molar-refractivity contribution in [3.63, 3.8) is 0 Å². The number of likely N-dealkylation sites (tertiary alicyclic amines) is 1. The number of hydrogen-bond donors (Lipinski definition) is 2. The maximum absolute atomic E-state index is 13.3. The number of pyridine rings is 1. The summed E-state index contributed by atoms with van der Waals surface area (Å²) in [6.45, 7) is 2.38. The normalized spacial score (nSPS) is 24.8. The summed E-state index contributed by atoms with van der Waals surface area (Å²) in [6, 6.07) is 22.8. The highest BCUT2D eigenvalue weighted by Crippen LogP contribution is 2.48. The molecule has 2 aliphatic rings. The van der Waals surface area contributed by atoms with Crippen molar-refractivity contribution in [2.75, 3.05) is 13.7 Å². The number of aliphatic hydroxyl groups is 1. The van der Waals surface area contributed by atoms with Gasteiger partial charge in [0.2, 0.25) is 5.91 Å². The Kier molecular flexibility index (Phi) is 5.64. The van der Waals surface area contributed by atoms with Crippen LogP contribution < -0.4 is 10.9 Å². The van der Waals surface area contributed by atoms with E-state index >= 15 is 0 Å². The van der Waals surface area contributed by atoms with Gasteiger partial charge in [-0.15, -0.1) is 0 Å². The maximum Gasteiger partial charge on any atom is 0.258 e. The second kappa shape index (κ2) is 8.61. The van der Waals surface area contributed by atoms with Crippen LogP contribution in [-0.2, 0) is 11.3 Å². The molecule has 3 heterocycles. The molecule has 5 atom stereocenters. The van der Waals surface area contributed by atoms with Gasteiger partial charge < -0.3 is 15.0 Å². The summed E-state index contributed by atoms with van der Waals surface area (Å²) in [5.41, 5.74) is 3.51. The Morgan fingerprint density at radius 1 is 1.06 bits per heavy atom. The molecule has 33 heavy (non-hydrogen) atoms. The third-order valence-corrected chi connectivity index (χ3v) is 7.37. The Morgan fingerprint density at radius 3 is 2.39 bits per heavy atom. The predicted octanol–water partition coefficient (Wildman–Crippen LogP) is 2.99. The minimum atomic E-state index is -0.450. The number of rotatable bonds is 5. The summed E-state index contributed by atoms with van der Waals surface area (Å²) in [4.78, 5) is 28.7. The summed E-state index contributed by atoms with van der Waals surface area (Å²) in [6.07, 6.45) is 0. The van der Waals surface area contributed by atoms with Crippen LogP contribution in [0.1, 0.15) is 30.3 Å². The third kappa shape index (κ3) is 3.59. The van der Waals surface area contributed by atoms with Gasteiger partial charge in [0.1, 0.15) is 0 Å². The molecule has 3 aromatic rings. The number of aromatic nitrogens is 1. The van der Waals surface area contributed by atoms with Crippen LogP contribution >= 0.6 is 0 Å². The van der Waals surface area contributed by atoms with Crippen molar-refractivity contribution in [1.82, 2.24) is 14.8 Å². The lowest BCUT2D eigenvalue weighted by Gasteiger charge is -2.28. The molecule has 2 N–H and O–H groups in total. The van der Waals surface area contributed by atoms with Crippen LogP contribution in [0.25, 0.3) is 11.1 Å². The standard InChI is InChI=1S/C27H29N3O3/c1-17(18-9-5-3-6-10-18)28-26(32)25-22(16-31)21-15-30-23(24(21)29(25)2)14-13-20(27(30)33)19-11-7-4-8-12-19/h3-14,17,21-22,24-25,31H,15-16H2,1-2H3,(H,28,32)/t17-,21+,22+,24-,25+/m0/s1. The van der Waals surface area contributed by atoms with E-state index in [9.17, 15) is 14.7 Å². The van der Waals surface area contributed by atoms with Gasteiger partial charge in [-0.3, -0.25) is 14.5 Å². The largest absolute Gasteiger partial charge is 0.396 e. The fourth-order valence-corrected chi connectivity index (χ4v) is 5.73. The van der Waals surface area contributed by atoms with Crippen molar-refractivity contribution in [3.05, 3.63) is 94.4 Å². The fraction of sp³-hybridized carbons (Fsp3) is 0.333. The van der Waals surface area contributed by atoms with Crippen LogP contribution in [0.3, 0.4) is 0 Å². The SMILES string of the molecule is C[C@H](NC(=O)[C@H]1[C@H](CO)[C@H]2Cn3c(ccc(-c4ccccc4)c3=O)[C@H]2N1C)c1ccccc1. The molecule has 0 radical (unpaired) electrons. The van der Waals surface area contributed by atoms with Crippen molar-refractivity contribution in [2.45, 2.75) is 31.6 Å². The molecule has 0 unspecified atom stereocenters. The molecule has 1 aromatic heterocycles. The molecular formula is C27H29N3O3. The molecular weight excluding hydrogens is 414 g/mol.